The molecule has 0 aromatic carbocycles. The van der Waals surface area contributed by atoms with Crippen molar-refractivity contribution in [2.24, 2.45) is 5.73 Å². The molecule has 92 valence electrons. The van der Waals surface area contributed by atoms with E-state index in [1.165, 1.54) is 0 Å². The Labute approximate surface area is 106 Å². The Morgan fingerprint density at radius 3 is 3.24 bits per heavy atom. The van der Waals surface area contributed by atoms with Crippen LogP contribution in [0.1, 0.15) is 23.0 Å². The van der Waals surface area contributed by atoms with Crippen LogP contribution in [-0.4, -0.2) is 39.9 Å². The minimum absolute atomic E-state index is 0.0919. The molecule has 0 aliphatic carbocycles. The molecule has 2 heterocycles. The van der Waals surface area contributed by atoms with E-state index in [2.05, 4.69) is 11.9 Å². The second kappa shape index (κ2) is 5.51. The van der Waals surface area contributed by atoms with E-state index in [4.69, 9.17) is 5.73 Å². The summed E-state index contributed by atoms with van der Waals surface area (Å²) in [6.45, 7) is 4.17. The number of carbonyl (C=O) groups excluding carboxylic acids is 1. The van der Waals surface area contributed by atoms with Crippen molar-refractivity contribution in [3.63, 3.8) is 0 Å². The molecule has 1 aromatic heterocycles. The molecule has 4 nitrogen and oxygen atoms in total. The Kier molecular flexibility index (Phi) is 4.02. The molecule has 1 fully saturated rings. The topological polar surface area (TPSA) is 59.2 Å². The highest BCUT2D eigenvalue weighted by atomic mass is 32.2. The van der Waals surface area contributed by atoms with E-state index in [0.717, 1.165) is 24.5 Å². The van der Waals surface area contributed by atoms with Gasteiger partial charge in [0, 0.05) is 42.4 Å². The Hall–Kier alpha value is -1.07. The highest BCUT2D eigenvalue weighted by Gasteiger charge is 2.22. The molecule has 2 N–H and O–H groups in total. The number of thioether (sulfide) groups is 1. The number of rotatable bonds is 2. The third-order valence-corrected chi connectivity index (χ3v) is 3.94. The Morgan fingerprint density at radius 1 is 1.71 bits per heavy atom. The van der Waals surface area contributed by atoms with Gasteiger partial charge in [0.15, 0.2) is 0 Å². The van der Waals surface area contributed by atoms with Crippen molar-refractivity contribution in [2.45, 2.75) is 18.7 Å². The fourth-order valence-corrected chi connectivity index (χ4v) is 2.92. The number of hydrogen-bond donors (Lipinski definition) is 1. The van der Waals surface area contributed by atoms with Crippen LogP contribution in [0.3, 0.4) is 0 Å². The average molecular weight is 251 g/mol. The van der Waals surface area contributed by atoms with Crippen molar-refractivity contribution < 1.29 is 4.79 Å². The van der Waals surface area contributed by atoms with Crippen molar-refractivity contribution in [3.05, 3.63) is 29.6 Å². The van der Waals surface area contributed by atoms with E-state index in [0.29, 0.717) is 17.4 Å². The van der Waals surface area contributed by atoms with Gasteiger partial charge in [0.25, 0.3) is 5.91 Å². The van der Waals surface area contributed by atoms with Crippen molar-refractivity contribution in [1.82, 2.24) is 9.88 Å². The molecule has 1 atom stereocenters. The van der Waals surface area contributed by atoms with E-state index in [1.54, 1.807) is 18.3 Å². The smallest absolute Gasteiger partial charge is 0.254 e. The first-order chi connectivity index (χ1) is 8.20. The predicted octanol–water partition coefficient (Wildman–Crippen LogP) is 1.12. The third-order valence-electron chi connectivity index (χ3n) is 2.80. The summed E-state index contributed by atoms with van der Waals surface area (Å²) >= 11 is 1.92. The van der Waals surface area contributed by atoms with Gasteiger partial charge >= 0.3 is 0 Å². The van der Waals surface area contributed by atoms with E-state index in [1.807, 2.05) is 16.7 Å². The van der Waals surface area contributed by atoms with Gasteiger partial charge in [-0.1, -0.05) is 6.92 Å². The van der Waals surface area contributed by atoms with Crippen LogP contribution in [0.2, 0.25) is 0 Å². The van der Waals surface area contributed by atoms with E-state index in [9.17, 15) is 4.79 Å². The molecule has 0 saturated carbocycles. The number of pyridine rings is 1. The summed E-state index contributed by atoms with van der Waals surface area (Å²) in [7, 11) is 0. The molecule has 17 heavy (non-hydrogen) atoms. The highest BCUT2D eigenvalue weighted by molar-refractivity contribution is 7.99. The highest BCUT2D eigenvalue weighted by Crippen LogP contribution is 2.19. The van der Waals surface area contributed by atoms with Gasteiger partial charge in [0.2, 0.25) is 0 Å². The molecule has 0 spiro atoms. The molecule has 1 saturated heterocycles. The standard InChI is InChI=1S/C12H17N3OS/c1-9-8-15(4-5-17-9)12(16)10-2-3-14-11(6-10)7-13/h2-3,6,9H,4-5,7-8,13H2,1H3. The lowest BCUT2D eigenvalue weighted by molar-refractivity contribution is 0.0763. The zero-order valence-corrected chi connectivity index (χ0v) is 10.7. The lowest BCUT2D eigenvalue weighted by Crippen LogP contribution is -2.41. The Balaban J connectivity index is 2.12. The van der Waals surface area contributed by atoms with Crippen LogP contribution in [0.4, 0.5) is 0 Å². The van der Waals surface area contributed by atoms with Crippen LogP contribution in [-0.2, 0) is 6.54 Å². The summed E-state index contributed by atoms with van der Waals surface area (Å²) in [5.74, 6) is 1.11. The summed E-state index contributed by atoms with van der Waals surface area (Å²) in [5.41, 5.74) is 6.98. The molecular weight excluding hydrogens is 234 g/mol. The van der Waals surface area contributed by atoms with Gasteiger partial charge < -0.3 is 10.6 Å². The lowest BCUT2D eigenvalue weighted by Gasteiger charge is -2.30. The SMILES string of the molecule is CC1CN(C(=O)c2ccnc(CN)c2)CCS1. The maximum Gasteiger partial charge on any atom is 0.254 e. The van der Waals surface area contributed by atoms with Crippen LogP contribution in [0, 0.1) is 0 Å². The number of nitrogens with two attached hydrogens (primary N) is 1. The zero-order valence-electron chi connectivity index (χ0n) is 9.93. The molecule has 2 rings (SSSR count). The second-order valence-electron chi connectivity index (χ2n) is 4.17. The van der Waals surface area contributed by atoms with Gasteiger partial charge in [0.1, 0.15) is 0 Å². The first-order valence-electron chi connectivity index (χ1n) is 5.76. The predicted molar refractivity (Wildman–Crippen MR) is 70.0 cm³/mol. The molecular formula is C12H17N3OS. The third kappa shape index (κ3) is 2.98. The number of aromatic nitrogens is 1. The minimum atomic E-state index is 0.0919. The molecule has 1 aromatic rings. The van der Waals surface area contributed by atoms with Gasteiger partial charge in [-0.25, -0.2) is 0 Å². The molecule has 1 aliphatic rings. The van der Waals surface area contributed by atoms with E-state index in [-0.39, 0.29) is 5.91 Å². The fourth-order valence-electron chi connectivity index (χ4n) is 1.91. The van der Waals surface area contributed by atoms with E-state index >= 15 is 0 Å². The van der Waals surface area contributed by atoms with E-state index < -0.39 is 0 Å². The molecule has 1 unspecified atom stereocenters. The monoisotopic (exact) mass is 251 g/mol. The van der Waals surface area contributed by atoms with Gasteiger partial charge in [-0.3, -0.25) is 9.78 Å². The largest absolute Gasteiger partial charge is 0.337 e. The Morgan fingerprint density at radius 2 is 2.53 bits per heavy atom. The minimum Gasteiger partial charge on any atom is -0.337 e. The molecule has 1 aliphatic heterocycles. The number of carbonyl (C=O) groups is 1. The van der Waals surface area contributed by atoms with Crippen LogP contribution in [0.5, 0.6) is 0 Å². The van der Waals surface area contributed by atoms with Gasteiger partial charge in [-0.15, -0.1) is 0 Å². The summed E-state index contributed by atoms with van der Waals surface area (Å²) in [5, 5.41) is 0.517. The van der Waals surface area contributed by atoms with Crippen molar-refractivity contribution in [2.75, 3.05) is 18.8 Å². The maximum atomic E-state index is 12.3. The van der Waals surface area contributed by atoms with Crippen molar-refractivity contribution in [1.29, 1.82) is 0 Å². The second-order valence-corrected chi connectivity index (χ2v) is 5.72. The van der Waals surface area contributed by atoms with Crippen LogP contribution in [0.15, 0.2) is 18.3 Å². The average Bonchev–Trinajstić information content (AvgIpc) is 2.38. The molecule has 5 heteroatoms. The van der Waals surface area contributed by atoms with Crippen molar-refractivity contribution >= 4 is 17.7 Å². The fraction of sp³-hybridized carbons (Fsp3) is 0.500. The number of amides is 1. The summed E-state index contributed by atoms with van der Waals surface area (Å²) < 4.78 is 0. The summed E-state index contributed by atoms with van der Waals surface area (Å²) in [6.07, 6.45) is 1.65. The first-order valence-corrected chi connectivity index (χ1v) is 6.81. The van der Waals surface area contributed by atoms with Crippen LogP contribution < -0.4 is 5.73 Å². The molecule has 0 radical (unpaired) electrons. The normalized spacial score (nSPS) is 20.4. The van der Waals surface area contributed by atoms with Crippen molar-refractivity contribution in [3.8, 4) is 0 Å². The van der Waals surface area contributed by atoms with Gasteiger partial charge in [-0.2, -0.15) is 11.8 Å². The Bertz CT molecular complexity index is 410. The maximum absolute atomic E-state index is 12.3. The molecule has 1 amide bonds. The first kappa shape index (κ1) is 12.4. The lowest BCUT2D eigenvalue weighted by atomic mass is 10.2. The van der Waals surface area contributed by atoms with Gasteiger partial charge in [0.05, 0.1) is 5.69 Å². The summed E-state index contributed by atoms with van der Waals surface area (Å²) in [4.78, 5) is 18.3. The summed E-state index contributed by atoms with van der Waals surface area (Å²) in [6, 6.07) is 3.54. The van der Waals surface area contributed by atoms with Gasteiger partial charge in [-0.05, 0) is 12.1 Å². The van der Waals surface area contributed by atoms with Crippen LogP contribution in [0.25, 0.3) is 0 Å². The van der Waals surface area contributed by atoms with Crippen LogP contribution >= 0.6 is 11.8 Å². The number of hydrogen-bond acceptors (Lipinski definition) is 4. The molecule has 0 bridgehead atoms. The quantitative estimate of drug-likeness (QED) is 0.855. The zero-order chi connectivity index (χ0) is 12.3. The number of nitrogens with zero attached hydrogens (tertiary/aromatic N) is 2.